The number of benzene rings is 1. The molecule has 4 heteroatoms. The standard InChI is InChI=1S/C8H5NO3/c10-7-5-1-2-6(4-3-5)8(11)9(7)12/h1-4,12H. The molecule has 0 atom stereocenters. The molecule has 0 saturated heterocycles. The Hall–Kier alpha value is -1.84. The van der Waals surface area contributed by atoms with Crippen LogP contribution in [0.1, 0.15) is 0 Å². The lowest BCUT2D eigenvalue weighted by Crippen LogP contribution is -2.26. The van der Waals surface area contributed by atoms with E-state index >= 15 is 0 Å². The van der Waals surface area contributed by atoms with Gasteiger partial charge in [0.15, 0.2) is 0 Å². The molecule has 0 fully saturated rings. The number of rotatable bonds is 0. The third kappa shape index (κ3) is 0.717. The third-order valence-corrected chi connectivity index (χ3v) is 1.76. The van der Waals surface area contributed by atoms with Gasteiger partial charge in [-0.15, -0.1) is 4.73 Å². The summed E-state index contributed by atoms with van der Waals surface area (Å²) in [6.45, 7) is 0. The highest BCUT2D eigenvalue weighted by Crippen LogP contribution is 1.99. The monoisotopic (exact) mass is 163 g/mol. The fourth-order valence-corrected chi connectivity index (χ4v) is 1.09. The van der Waals surface area contributed by atoms with E-state index in [-0.39, 0.29) is 4.73 Å². The second kappa shape index (κ2) is 2.07. The first-order chi connectivity index (χ1) is 5.70. The molecule has 0 amide bonds. The van der Waals surface area contributed by atoms with Gasteiger partial charge >= 0.3 is 0 Å². The molecular weight excluding hydrogens is 158 g/mol. The summed E-state index contributed by atoms with van der Waals surface area (Å²) in [6, 6.07) is 6.02. The molecule has 3 rings (SSSR count). The van der Waals surface area contributed by atoms with Crippen LogP contribution in [0, 0.1) is 0 Å². The lowest BCUT2D eigenvalue weighted by molar-refractivity contribution is 0.169. The van der Waals surface area contributed by atoms with Crippen molar-refractivity contribution < 1.29 is 5.21 Å². The van der Waals surface area contributed by atoms with Crippen molar-refractivity contribution in [1.82, 2.24) is 4.73 Å². The van der Waals surface area contributed by atoms with Gasteiger partial charge in [-0.05, 0) is 24.3 Å². The van der Waals surface area contributed by atoms with Crippen molar-refractivity contribution in [2.24, 2.45) is 0 Å². The first-order valence-corrected chi connectivity index (χ1v) is 3.38. The number of hydrogen-bond donors (Lipinski definition) is 1. The smallest absolute Gasteiger partial charge is 0.293 e. The summed E-state index contributed by atoms with van der Waals surface area (Å²) < 4.78 is 0.130. The summed E-state index contributed by atoms with van der Waals surface area (Å²) in [7, 11) is 0. The lowest BCUT2D eigenvalue weighted by atomic mass is 10.2. The van der Waals surface area contributed by atoms with E-state index in [9.17, 15) is 9.59 Å². The molecule has 60 valence electrons. The second-order valence-electron chi connectivity index (χ2n) is 2.50. The molecule has 0 aliphatic rings. The largest absolute Gasteiger partial charge is 0.422 e. The van der Waals surface area contributed by atoms with Gasteiger partial charge in [0.25, 0.3) is 11.1 Å². The molecule has 0 aliphatic heterocycles. The molecule has 12 heavy (non-hydrogen) atoms. The average Bonchev–Trinajstić information content (AvgIpc) is 2.27. The Bertz CT molecular complexity index is 462. The van der Waals surface area contributed by atoms with E-state index in [1.165, 1.54) is 24.3 Å². The van der Waals surface area contributed by atoms with Crippen LogP contribution in [0.15, 0.2) is 33.9 Å². The van der Waals surface area contributed by atoms with Gasteiger partial charge in [-0.2, -0.15) is 0 Å². The predicted octanol–water partition coefficient (Wildman–Crippen LogP) is 0.0368. The lowest BCUT2D eigenvalue weighted by Gasteiger charge is -1.83. The first-order valence-electron chi connectivity index (χ1n) is 3.38. The number of nitrogens with zero attached hydrogens (tertiary/aromatic N) is 1. The Balaban J connectivity index is 3.30. The number of fused-ring (bicyclic) bond motifs is 4. The van der Waals surface area contributed by atoms with Crippen LogP contribution < -0.4 is 11.1 Å². The highest BCUT2D eigenvalue weighted by molar-refractivity contribution is 5.63. The van der Waals surface area contributed by atoms with Gasteiger partial charge in [0.1, 0.15) is 0 Å². The molecular formula is C8H5NO3. The van der Waals surface area contributed by atoms with Crippen LogP contribution in [-0.4, -0.2) is 9.94 Å². The van der Waals surface area contributed by atoms with Crippen LogP contribution in [0.25, 0.3) is 10.8 Å². The summed E-state index contributed by atoms with van der Waals surface area (Å²) in [6.07, 6.45) is 0. The predicted molar refractivity (Wildman–Crippen MR) is 42.8 cm³/mol. The van der Waals surface area contributed by atoms with E-state index in [1.807, 2.05) is 0 Å². The summed E-state index contributed by atoms with van der Waals surface area (Å²) in [5.41, 5.74) is -1.36. The second-order valence-corrected chi connectivity index (χ2v) is 2.50. The third-order valence-electron chi connectivity index (χ3n) is 1.76. The summed E-state index contributed by atoms with van der Waals surface area (Å²) in [4.78, 5) is 22.2. The molecule has 0 radical (unpaired) electrons. The summed E-state index contributed by atoms with van der Waals surface area (Å²) >= 11 is 0. The van der Waals surface area contributed by atoms with Crippen LogP contribution in [0.5, 0.6) is 0 Å². The molecule has 0 saturated carbocycles. The SMILES string of the molecule is O=c1c2ccc(cc2)c(=O)n1O. The van der Waals surface area contributed by atoms with Crippen LogP contribution in [0.4, 0.5) is 0 Å². The van der Waals surface area contributed by atoms with Gasteiger partial charge in [0.2, 0.25) is 0 Å². The zero-order valence-electron chi connectivity index (χ0n) is 6.02. The summed E-state index contributed by atoms with van der Waals surface area (Å²) in [5, 5.41) is 9.64. The Morgan fingerprint density at radius 2 is 1.25 bits per heavy atom. The molecule has 2 bridgehead atoms. The fourth-order valence-electron chi connectivity index (χ4n) is 1.09. The van der Waals surface area contributed by atoms with Crippen molar-refractivity contribution in [2.45, 2.75) is 0 Å². The van der Waals surface area contributed by atoms with Crippen molar-refractivity contribution in [3.05, 3.63) is 45.0 Å². The van der Waals surface area contributed by atoms with Crippen molar-refractivity contribution >= 4 is 10.8 Å². The Kier molecular flexibility index (Phi) is 1.18. The van der Waals surface area contributed by atoms with Gasteiger partial charge in [-0.1, -0.05) is 0 Å². The highest BCUT2D eigenvalue weighted by atomic mass is 16.5. The maximum atomic E-state index is 11.1. The molecule has 1 aromatic carbocycles. The maximum absolute atomic E-state index is 11.1. The van der Waals surface area contributed by atoms with Crippen molar-refractivity contribution in [1.29, 1.82) is 0 Å². The summed E-state index contributed by atoms with van der Waals surface area (Å²) in [5.74, 6) is 0. The minimum atomic E-state index is -0.681. The average molecular weight is 163 g/mol. The normalized spacial score (nSPS) is 10.7. The fraction of sp³-hybridized carbons (Fsp3) is 0. The van der Waals surface area contributed by atoms with Crippen molar-refractivity contribution in [3.63, 3.8) is 0 Å². The zero-order chi connectivity index (χ0) is 8.72. The molecule has 0 unspecified atom stereocenters. The number of aromatic nitrogens is 1. The molecule has 3 aromatic rings. The van der Waals surface area contributed by atoms with Gasteiger partial charge < -0.3 is 5.21 Å². The van der Waals surface area contributed by atoms with Crippen LogP contribution in [0.3, 0.4) is 0 Å². The maximum Gasteiger partial charge on any atom is 0.293 e. The van der Waals surface area contributed by atoms with Crippen molar-refractivity contribution in [2.75, 3.05) is 0 Å². The van der Waals surface area contributed by atoms with Gasteiger partial charge in [-0.25, -0.2) is 0 Å². The molecule has 0 aliphatic carbocycles. The Morgan fingerprint density at radius 3 is 1.58 bits per heavy atom. The van der Waals surface area contributed by atoms with Gasteiger partial charge in [0.05, 0.1) is 0 Å². The van der Waals surface area contributed by atoms with Gasteiger partial charge in [0, 0.05) is 10.8 Å². The van der Waals surface area contributed by atoms with Crippen LogP contribution >= 0.6 is 0 Å². The molecule has 2 heterocycles. The van der Waals surface area contributed by atoms with Crippen LogP contribution in [0.2, 0.25) is 0 Å². The van der Waals surface area contributed by atoms with E-state index in [4.69, 9.17) is 5.21 Å². The minimum Gasteiger partial charge on any atom is -0.422 e. The van der Waals surface area contributed by atoms with E-state index < -0.39 is 11.1 Å². The molecule has 4 nitrogen and oxygen atoms in total. The molecule has 0 spiro atoms. The highest BCUT2D eigenvalue weighted by Gasteiger charge is 2.03. The minimum absolute atomic E-state index is 0.130. The van der Waals surface area contributed by atoms with Crippen LogP contribution in [-0.2, 0) is 0 Å². The topological polar surface area (TPSA) is 59.3 Å². The number of hydrogen-bond acceptors (Lipinski definition) is 3. The van der Waals surface area contributed by atoms with Crippen molar-refractivity contribution in [3.8, 4) is 0 Å². The van der Waals surface area contributed by atoms with E-state index in [2.05, 4.69) is 0 Å². The van der Waals surface area contributed by atoms with Gasteiger partial charge in [-0.3, -0.25) is 9.59 Å². The van der Waals surface area contributed by atoms with E-state index in [0.29, 0.717) is 10.8 Å². The molecule has 1 N–H and O–H groups in total. The first kappa shape index (κ1) is 6.84. The Morgan fingerprint density at radius 1 is 0.917 bits per heavy atom. The quantitative estimate of drug-likeness (QED) is 0.557. The Labute approximate surface area is 66.6 Å². The van der Waals surface area contributed by atoms with E-state index in [1.54, 1.807) is 0 Å². The zero-order valence-corrected chi connectivity index (χ0v) is 6.02. The molecule has 2 aromatic heterocycles. The van der Waals surface area contributed by atoms with E-state index in [0.717, 1.165) is 0 Å².